The first-order valence-electron chi connectivity index (χ1n) is 9.38. The number of hydrogen-bond donors (Lipinski definition) is 1. The maximum Gasteiger partial charge on any atom is 0.221 e. The van der Waals surface area contributed by atoms with Crippen molar-refractivity contribution in [1.82, 2.24) is 10.2 Å². The topological polar surface area (TPSA) is 66.5 Å². The second-order valence-electron chi connectivity index (χ2n) is 6.96. The molecule has 0 spiro atoms. The highest BCUT2D eigenvalue weighted by molar-refractivity contribution is 7.91. The Kier molecular flexibility index (Phi) is 6.63. The Labute approximate surface area is 161 Å². The van der Waals surface area contributed by atoms with Gasteiger partial charge in [-0.15, -0.1) is 0 Å². The predicted molar refractivity (Wildman–Crippen MR) is 106 cm³/mol. The van der Waals surface area contributed by atoms with Crippen LogP contribution in [0.25, 0.3) is 0 Å². The summed E-state index contributed by atoms with van der Waals surface area (Å²) in [5.74, 6) is -0.437. The Morgan fingerprint density at radius 1 is 0.926 bits per heavy atom. The Hall–Kier alpha value is -2.18. The Morgan fingerprint density at radius 3 is 2.22 bits per heavy atom. The van der Waals surface area contributed by atoms with Gasteiger partial charge >= 0.3 is 0 Å². The van der Waals surface area contributed by atoms with Crippen LogP contribution < -0.4 is 5.32 Å². The molecule has 27 heavy (non-hydrogen) atoms. The van der Waals surface area contributed by atoms with E-state index in [2.05, 4.69) is 22.3 Å². The summed E-state index contributed by atoms with van der Waals surface area (Å²) in [7, 11) is -3.42. The zero-order chi connectivity index (χ0) is 19.1. The van der Waals surface area contributed by atoms with Crippen LogP contribution in [0, 0.1) is 0 Å². The van der Waals surface area contributed by atoms with Crippen LogP contribution in [-0.2, 0) is 27.7 Å². The van der Waals surface area contributed by atoms with Crippen molar-refractivity contribution >= 4 is 15.7 Å². The largest absolute Gasteiger partial charge is 0.352 e. The number of hydrogen-bond acceptors (Lipinski definition) is 4. The van der Waals surface area contributed by atoms with E-state index in [0.717, 1.165) is 12.1 Å². The van der Waals surface area contributed by atoms with E-state index >= 15 is 0 Å². The van der Waals surface area contributed by atoms with Crippen molar-refractivity contribution in [3.63, 3.8) is 0 Å². The van der Waals surface area contributed by atoms with Gasteiger partial charge in [0.1, 0.15) is 0 Å². The lowest BCUT2D eigenvalue weighted by Gasteiger charge is -2.14. The third-order valence-electron chi connectivity index (χ3n) is 4.82. The van der Waals surface area contributed by atoms with E-state index in [1.165, 1.54) is 31.5 Å². The summed E-state index contributed by atoms with van der Waals surface area (Å²) >= 11 is 0. The molecule has 0 unspecified atom stereocenters. The van der Waals surface area contributed by atoms with Gasteiger partial charge in [-0.05, 0) is 49.2 Å². The minimum atomic E-state index is -3.42. The monoisotopic (exact) mass is 386 g/mol. The van der Waals surface area contributed by atoms with Crippen LogP contribution in [0.15, 0.2) is 59.5 Å². The van der Waals surface area contributed by atoms with E-state index in [0.29, 0.717) is 6.54 Å². The van der Waals surface area contributed by atoms with E-state index < -0.39 is 9.84 Å². The molecule has 0 atom stereocenters. The van der Waals surface area contributed by atoms with Crippen molar-refractivity contribution in [2.45, 2.75) is 37.2 Å². The average molecular weight is 387 g/mol. The zero-order valence-corrected chi connectivity index (χ0v) is 16.2. The maximum absolute atomic E-state index is 12.2. The maximum atomic E-state index is 12.2. The summed E-state index contributed by atoms with van der Waals surface area (Å²) in [6, 6.07) is 16.5. The summed E-state index contributed by atoms with van der Waals surface area (Å²) in [6.07, 6.45) is 2.53. The van der Waals surface area contributed by atoms with Crippen LogP contribution in [0.1, 0.15) is 30.4 Å². The lowest BCUT2D eigenvalue weighted by Crippen LogP contribution is -2.25. The first-order chi connectivity index (χ1) is 13.0. The Morgan fingerprint density at radius 2 is 1.56 bits per heavy atom. The molecular weight excluding hydrogens is 360 g/mol. The normalized spacial score (nSPS) is 15.0. The number of sulfone groups is 1. The third kappa shape index (κ3) is 5.91. The van der Waals surface area contributed by atoms with Gasteiger partial charge in [-0.1, -0.05) is 42.5 Å². The fourth-order valence-electron chi connectivity index (χ4n) is 3.22. The molecule has 1 heterocycles. The van der Waals surface area contributed by atoms with Crippen molar-refractivity contribution in [3.8, 4) is 0 Å². The number of amides is 1. The average Bonchev–Trinajstić information content (AvgIpc) is 3.20. The molecule has 2 aromatic rings. The molecule has 2 aromatic carbocycles. The van der Waals surface area contributed by atoms with Crippen molar-refractivity contribution in [2.75, 3.05) is 18.8 Å². The quantitative estimate of drug-likeness (QED) is 0.758. The molecule has 1 amide bonds. The predicted octanol–water partition coefficient (Wildman–Crippen LogP) is 2.76. The minimum absolute atomic E-state index is 0.0374. The van der Waals surface area contributed by atoms with Gasteiger partial charge in [-0.2, -0.15) is 0 Å². The molecule has 3 rings (SSSR count). The highest BCUT2D eigenvalue weighted by atomic mass is 32.2. The highest BCUT2D eigenvalue weighted by Crippen LogP contribution is 2.14. The number of rotatable bonds is 8. The van der Waals surface area contributed by atoms with Gasteiger partial charge in [0.05, 0.1) is 10.6 Å². The molecule has 1 N–H and O–H groups in total. The van der Waals surface area contributed by atoms with E-state index in [1.807, 2.05) is 12.1 Å². The molecule has 0 aromatic heterocycles. The summed E-state index contributed by atoms with van der Waals surface area (Å²) in [5, 5.41) is 2.80. The van der Waals surface area contributed by atoms with Gasteiger partial charge in [-0.3, -0.25) is 9.69 Å². The van der Waals surface area contributed by atoms with Gasteiger partial charge in [0, 0.05) is 19.5 Å². The smallest absolute Gasteiger partial charge is 0.221 e. The van der Waals surface area contributed by atoms with Gasteiger partial charge in [-0.25, -0.2) is 8.42 Å². The van der Waals surface area contributed by atoms with Crippen LogP contribution in [0.3, 0.4) is 0 Å². The number of nitrogens with one attached hydrogen (secondary N) is 1. The van der Waals surface area contributed by atoms with Crippen molar-refractivity contribution in [1.29, 1.82) is 0 Å². The van der Waals surface area contributed by atoms with E-state index in [-0.39, 0.29) is 23.0 Å². The molecule has 0 saturated carbocycles. The van der Waals surface area contributed by atoms with E-state index in [9.17, 15) is 13.2 Å². The molecular formula is C21H26N2O3S. The van der Waals surface area contributed by atoms with Gasteiger partial charge < -0.3 is 5.32 Å². The van der Waals surface area contributed by atoms with Crippen molar-refractivity contribution in [2.24, 2.45) is 0 Å². The second kappa shape index (κ2) is 9.15. The van der Waals surface area contributed by atoms with Gasteiger partial charge in [0.15, 0.2) is 9.84 Å². The van der Waals surface area contributed by atoms with E-state index in [4.69, 9.17) is 0 Å². The summed E-state index contributed by atoms with van der Waals surface area (Å²) in [4.78, 5) is 14.7. The lowest BCUT2D eigenvalue weighted by atomic mass is 10.1. The fraction of sp³-hybridized carbons (Fsp3) is 0.381. The minimum Gasteiger partial charge on any atom is -0.352 e. The molecule has 1 aliphatic rings. The van der Waals surface area contributed by atoms with Crippen molar-refractivity contribution < 1.29 is 13.2 Å². The molecule has 0 aliphatic carbocycles. The molecule has 1 saturated heterocycles. The number of carbonyl (C=O) groups excluding carboxylic acids is 1. The molecule has 0 radical (unpaired) electrons. The van der Waals surface area contributed by atoms with E-state index in [1.54, 1.807) is 30.3 Å². The zero-order valence-electron chi connectivity index (χ0n) is 15.4. The fourth-order valence-corrected chi connectivity index (χ4v) is 4.48. The number of nitrogens with zero attached hydrogens (tertiary/aromatic N) is 1. The van der Waals surface area contributed by atoms with Gasteiger partial charge in [0.25, 0.3) is 0 Å². The molecule has 0 bridgehead atoms. The summed E-state index contributed by atoms with van der Waals surface area (Å²) in [5.41, 5.74) is 2.29. The number of likely N-dealkylation sites (tertiary alicyclic amines) is 1. The molecule has 1 aliphatic heterocycles. The van der Waals surface area contributed by atoms with Crippen LogP contribution in [0.2, 0.25) is 0 Å². The summed E-state index contributed by atoms with van der Waals surface area (Å²) < 4.78 is 24.4. The molecule has 5 nitrogen and oxygen atoms in total. The van der Waals surface area contributed by atoms with Crippen LogP contribution >= 0.6 is 0 Å². The Bertz CT molecular complexity index is 843. The highest BCUT2D eigenvalue weighted by Gasteiger charge is 2.16. The van der Waals surface area contributed by atoms with Crippen LogP contribution in [0.5, 0.6) is 0 Å². The summed E-state index contributed by atoms with van der Waals surface area (Å²) in [6.45, 7) is 3.73. The van der Waals surface area contributed by atoms with Crippen LogP contribution in [0.4, 0.5) is 0 Å². The Balaban J connectivity index is 1.43. The molecule has 6 heteroatoms. The lowest BCUT2D eigenvalue weighted by molar-refractivity contribution is -0.120. The second-order valence-corrected chi connectivity index (χ2v) is 9.07. The SMILES string of the molecule is O=C(CCS(=O)(=O)c1ccccc1)NCc1ccc(CN2CCCC2)cc1. The number of carbonyl (C=O) groups is 1. The molecule has 1 fully saturated rings. The van der Waals surface area contributed by atoms with Crippen molar-refractivity contribution in [3.05, 3.63) is 65.7 Å². The van der Waals surface area contributed by atoms with Gasteiger partial charge in [0.2, 0.25) is 5.91 Å². The first-order valence-corrected chi connectivity index (χ1v) is 11.0. The first kappa shape index (κ1) is 19.6. The number of benzene rings is 2. The standard InChI is InChI=1S/C21H26N2O3S/c24-21(12-15-27(25,26)20-6-2-1-3-7-20)22-16-18-8-10-19(11-9-18)17-23-13-4-5-14-23/h1-3,6-11H,4-5,12-17H2,(H,22,24). The van der Waals surface area contributed by atoms with Crippen LogP contribution in [-0.4, -0.2) is 38.1 Å². The molecule has 144 valence electrons. The third-order valence-corrected chi connectivity index (χ3v) is 6.55.